The number of rotatable bonds is 9. The second-order valence-electron chi connectivity index (χ2n) is 10.5. The van der Waals surface area contributed by atoms with Crippen LogP contribution in [0.25, 0.3) is 22.1 Å². The van der Waals surface area contributed by atoms with Crippen LogP contribution in [-0.2, 0) is 17.9 Å². The predicted molar refractivity (Wildman–Crippen MR) is 156 cm³/mol. The van der Waals surface area contributed by atoms with Crippen LogP contribution in [0.5, 0.6) is 0 Å². The number of nitrogens with two attached hydrogens (primary N) is 2. The zero-order valence-electron chi connectivity index (χ0n) is 22.6. The molecule has 0 aliphatic heterocycles. The molecule has 3 aromatic heterocycles. The maximum absolute atomic E-state index is 12.8. The summed E-state index contributed by atoms with van der Waals surface area (Å²) in [5.74, 6) is 5.52. The number of aryl methyl sites for hydroxylation is 1. The molecule has 5 aromatic rings. The smallest absolute Gasteiger partial charge is 0.335 e. The van der Waals surface area contributed by atoms with Gasteiger partial charge in [-0.15, -0.1) is 0 Å². The molecule has 41 heavy (non-hydrogen) atoms. The molecule has 1 aliphatic rings. The third-order valence-corrected chi connectivity index (χ3v) is 7.43. The van der Waals surface area contributed by atoms with Crippen molar-refractivity contribution in [2.45, 2.75) is 38.8 Å². The van der Waals surface area contributed by atoms with E-state index in [9.17, 15) is 14.7 Å². The number of aromatic carboxylic acids is 1. The zero-order chi connectivity index (χ0) is 28.7. The van der Waals surface area contributed by atoms with Crippen LogP contribution in [0.3, 0.4) is 0 Å². The van der Waals surface area contributed by atoms with E-state index in [1.807, 2.05) is 34.2 Å². The number of nitrogens with one attached hydrogen (secondary N) is 1. The molecule has 6 N–H and O–H groups in total. The van der Waals surface area contributed by atoms with Crippen molar-refractivity contribution in [3.05, 3.63) is 113 Å². The molecule has 208 valence electrons. The van der Waals surface area contributed by atoms with Crippen molar-refractivity contribution in [2.24, 2.45) is 11.6 Å². The molecule has 1 amide bonds. The van der Waals surface area contributed by atoms with Gasteiger partial charge in [0.1, 0.15) is 5.70 Å². The highest BCUT2D eigenvalue weighted by molar-refractivity contribution is 5.92. The molecule has 0 saturated heterocycles. The first kappa shape index (κ1) is 26.1. The fourth-order valence-corrected chi connectivity index (χ4v) is 5.16. The third kappa shape index (κ3) is 5.37. The first-order chi connectivity index (χ1) is 19.8. The number of hydrogen-bond acceptors (Lipinski definition) is 6. The summed E-state index contributed by atoms with van der Waals surface area (Å²) < 4.78 is 3.95. The lowest BCUT2D eigenvalue weighted by Crippen LogP contribution is -2.33. The van der Waals surface area contributed by atoms with E-state index in [1.54, 1.807) is 30.6 Å². The van der Waals surface area contributed by atoms with Crippen LogP contribution in [0.4, 0.5) is 0 Å². The quantitative estimate of drug-likeness (QED) is 0.124. The lowest BCUT2D eigenvalue weighted by Gasteiger charge is -2.18. The maximum atomic E-state index is 12.8. The van der Waals surface area contributed by atoms with Gasteiger partial charge in [0, 0.05) is 29.2 Å². The molecule has 1 fully saturated rings. The van der Waals surface area contributed by atoms with E-state index in [0.29, 0.717) is 5.92 Å². The normalized spacial score (nSPS) is 13.6. The number of imidazole rings is 1. The fourth-order valence-electron chi connectivity index (χ4n) is 5.16. The number of carboxylic acid groups (broad SMARTS) is 1. The molecule has 0 atom stereocenters. The van der Waals surface area contributed by atoms with Crippen LogP contribution in [0.1, 0.15) is 51.6 Å². The molecule has 10 nitrogen and oxygen atoms in total. The van der Waals surface area contributed by atoms with E-state index >= 15 is 0 Å². The van der Waals surface area contributed by atoms with Crippen molar-refractivity contribution >= 4 is 28.3 Å². The van der Waals surface area contributed by atoms with Crippen LogP contribution in [-0.4, -0.2) is 35.9 Å². The zero-order valence-corrected chi connectivity index (χ0v) is 22.6. The van der Waals surface area contributed by atoms with Crippen molar-refractivity contribution in [3.8, 4) is 5.69 Å². The summed E-state index contributed by atoms with van der Waals surface area (Å²) >= 11 is 0. The van der Waals surface area contributed by atoms with Crippen molar-refractivity contribution in [1.82, 2.24) is 24.3 Å². The number of amides is 1. The van der Waals surface area contributed by atoms with Crippen LogP contribution in [0.15, 0.2) is 85.1 Å². The minimum atomic E-state index is -0.980. The van der Waals surface area contributed by atoms with Crippen LogP contribution >= 0.6 is 0 Å². The number of carbonyl (C=O) groups excluding carboxylic acids is 1. The number of pyridine rings is 1. The molecule has 0 spiro atoms. The Morgan fingerprint density at radius 3 is 2.61 bits per heavy atom. The third-order valence-electron chi connectivity index (χ3n) is 7.43. The molecule has 0 unspecified atom stereocenters. The van der Waals surface area contributed by atoms with Gasteiger partial charge in [0.15, 0.2) is 0 Å². The highest BCUT2D eigenvalue weighted by Gasteiger charge is 2.24. The Bertz CT molecular complexity index is 1810. The highest BCUT2D eigenvalue weighted by atomic mass is 16.4. The van der Waals surface area contributed by atoms with Gasteiger partial charge in [-0.1, -0.05) is 6.07 Å². The van der Waals surface area contributed by atoms with Crippen molar-refractivity contribution in [1.29, 1.82) is 0 Å². The summed E-state index contributed by atoms with van der Waals surface area (Å²) in [5.41, 5.74) is 13.0. The van der Waals surface area contributed by atoms with E-state index in [1.165, 1.54) is 29.6 Å². The Balaban J connectivity index is 1.22. The Morgan fingerprint density at radius 2 is 1.88 bits per heavy atom. The lowest BCUT2D eigenvalue weighted by molar-refractivity contribution is -0.117. The number of hydrogen-bond donors (Lipinski definition) is 4. The van der Waals surface area contributed by atoms with Gasteiger partial charge in [0.2, 0.25) is 0 Å². The van der Waals surface area contributed by atoms with Crippen LogP contribution in [0, 0.1) is 6.92 Å². The first-order valence-electron chi connectivity index (χ1n) is 13.4. The molecular weight excluding hydrogens is 518 g/mol. The van der Waals surface area contributed by atoms with E-state index < -0.39 is 11.9 Å². The van der Waals surface area contributed by atoms with Crippen LogP contribution in [0.2, 0.25) is 0 Å². The largest absolute Gasteiger partial charge is 0.478 e. The molecule has 6 rings (SSSR count). The highest BCUT2D eigenvalue weighted by Crippen LogP contribution is 2.41. The van der Waals surface area contributed by atoms with Crippen molar-refractivity contribution < 1.29 is 14.7 Å². The van der Waals surface area contributed by atoms with E-state index in [2.05, 4.69) is 34.6 Å². The Hall–Kier alpha value is -5.09. The Labute approximate surface area is 236 Å². The van der Waals surface area contributed by atoms with Gasteiger partial charge in [-0.2, -0.15) is 0 Å². The number of carboxylic acids is 1. The average Bonchev–Trinajstić information content (AvgIpc) is 3.64. The molecule has 1 saturated carbocycles. The standard InChI is InChI=1S/C31H31N7O3/c1-19-10-11-36-18-35-27(29(36)12-19)15-34-30(39)26(32)17-37(33)16-25-14-23-13-22(20-2-3-20)6-9-28(23)38(25)24-7-4-21(5-8-24)31(40)41/h4-14,17-18,20H,2-3,15-16,32-33H2,1H3,(H,34,39)(H,40,41)/b26-17-. The molecule has 10 heteroatoms. The summed E-state index contributed by atoms with van der Waals surface area (Å²) in [4.78, 5) is 28.6. The number of fused-ring (bicyclic) bond motifs is 2. The minimum Gasteiger partial charge on any atom is -0.478 e. The van der Waals surface area contributed by atoms with Crippen LogP contribution < -0.4 is 16.9 Å². The molecule has 0 bridgehead atoms. The van der Waals surface area contributed by atoms with Gasteiger partial charge in [-0.3, -0.25) is 4.79 Å². The topological polar surface area (TPSA) is 144 Å². The lowest BCUT2D eigenvalue weighted by atomic mass is 10.1. The monoisotopic (exact) mass is 549 g/mol. The van der Waals surface area contributed by atoms with E-state index in [-0.39, 0.29) is 24.4 Å². The minimum absolute atomic E-state index is 0.0308. The van der Waals surface area contributed by atoms with E-state index in [0.717, 1.165) is 39.1 Å². The molecule has 3 heterocycles. The summed E-state index contributed by atoms with van der Waals surface area (Å²) in [6.45, 7) is 2.48. The number of carbonyl (C=O) groups is 2. The summed E-state index contributed by atoms with van der Waals surface area (Å²) in [6, 6.07) is 19.2. The average molecular weight is 550 g/mol. The molecule has 1 aliphatic carbocycles. The molecular formula is C31H31N7O3. The van der Waals surface area contributed by atoms with Crippen molar-refractivity contribution in [2.75, 3.05) is 0 Å². The van der Waals surface area contributed by atoms with Gasteiger partial charge in [-0.25, -0.2) is 15.6 Å². The van der Waals surface area contributed by atoms with Gasteiger partial charge in [0.05, 0.1) is 41.7 Å². The second-order valence-corrected chi connectivity index (χ2v) is 10.5. The second kappa shape index (κ2) is 10.5. The molecule has 0 radical (unpaired) electrons. The number of benzene rings is 2. The number of hydrazine groups is 1. The summed E-state index contributed by atoms with van der Waals surface area (Å²) in [5, 5.41) is 14.6. The first-order valence-corrected chi connectivity index (χ1v) is 13.4. The van der Waals surface area contributed by atoms with Crippen molar-refractivity contribution in [3.63, 3.8) is 0 Å². The summed E-state index contributed by atoms with van der Waals surface area (Å²) in [6.07, 6.45) is 7.45. The van der Waals surface area contributed by atoms with E-state index in [4.69, 9.17) is 11.6 Å². The summed E-state index contributed by atoms with van der Waals surface area (Å²) in [7, 11) is 0. The number of nitrogens with zero attached hydrogens (tertiary/aromatic N) is 4. The van der Waals surface area contributed by atoms with Gasteiger partial charge < -0.3 is 30.1 Å². The van der Waals surface area contributed by atoms with Gasteiger partial charge >= 0.3 is 5.97 Å². The van der Waals surface area contributed by atoms with Gasteiger partial charge in [0.25, 0.3) is 5.91 Å². The van der Waals surface area contributed by atoms with Gasteiger partial charge in [-0.05, 0) is 91.4 Å². The fraction of sp³-hybridized carbons (Fsp3) is 0.194. The predicted octanol–water partition coefficient (Wildman–Crippen LogP) is 3.95. The SMILES string of the molecule is Cc1ccn2cnc(CNC(=O)/C(N)=C/N(N)Cc3cc4cc(C5CC5)ccc4n3-c3ccc(C(=O)O)cc3)c2c1. The maximum Gasteiger partial charge on any atom is 0.335 e. The number of aromatic nitrogens is 3. The Kier molecular flexibility index (Phi) is 6.68. The Morgan fingerprint density at radius 1 is 1.10 bits per heavy atom. The molecule has 2 aromatic carbocycles.